The average molecular weight is 235 g/mol. The minimum atomic E-state index is -0.268. The Kier molecular flexibility index (Phi) is 3.72. The molecule has 0 aliphatic heterocycles. The van der Waals surface area contributed by atoms with Crippen LogP contribution in [0, 0.1) is 5.82 Å². The number of anilines is 1. The fraction of sp³-hybridized carbons (Fsp3) is 0.250. The van der Waals surface area contributed by atoms with Gasteiger partial charge in [-0.2, -0.15) is 5.10 Å². The second-order valence-corrected chi connectivity index (χ2v) is 3.67. The van der Waals surface area contributed by atoms with Gasteiger partial charge >= 0.3 is 0 Å². The number of para-hydroxylation sites is 1. The number of halogens is 1. The van der Waals surface area contributed by atoms with Crippen LogP contribution in [0.25, 0.3) is 0 Å². The molecule has 5 heteroatoms. The van der Waals surface area contributed by atoms with Crippen LogP contribution < -0.4 is 5.32 Å². The Labute approximate surface area is 98.7 Å². The Morgan fingerprint density at radius 3 is 2.94 bits per heavy atom. The first-order chi connectivity index (χ1) is 8.29. The lowest BCUT2D eigenvalue weighted by molar-refractivity contribution is 0.269. The standard InChI is InChI=1S/C12H14FN3O/c13-11-3-1-2-4-12(11)14-7-10-8-15-16(9-10)5-6-17/h1-4,8-9,14,17H,5-7H2. The highest BCUT2D eigenvalue weighted by molar-refractivity contribution is 5.44. The molecular weight excluding hydrogens is 221 g/mol. The van der Waals surface area contributed by atoms with E-state index in [1.165, 1.54) is 6.07 Å². The summed E-state index contributed by atoms with van der Waals surface area (Å²) < 4.78 is 15.0. The van der Waals surface area contributed by atoms with E-state index in [1.807, 2.05) is 6.20 Å². The molecule has 0 aliphatic rings. The van der Waals surface area contributed by atoms with Gasteiger partial charge in [0.1, 0.15) is 5.82 Å². The predicted octanol–water partition coefficient (Wildman–Crippen LogP) is 1.63. The number of aromatic nitrogens is 2. The van der Waals surface area contributed by atoms with Gasteiger partial charge in [0.05, 0.1) is 25.0 Å². The average Bonchev–Trinajstić information content (AvgIpc) is 2.76. The van der Waals surface area contributed by atoms with E-state index in [1.54, 1.807) is 29.1 Å². The van der Waals surface area contributed by atoms with Crippen molar-refractivity contribution in [2.45, 2.75) is 13.1 Å². The first kappa shape index (κ1) is 11.6. The van der Waals surface area contributed by atoms with E-state index in [0.717, 1.165) is 5.56 Å². The fourth-order valence-electron chi connectivity index (χ4n) is 1.52. The van der Waals surface area contributed by atoms with Gasteiger partial charge in [0.2, 0.25) is 0 Å². The van der Waals surface area contributed by atoms with Crippen LogP contribution in [-0.4, -0.2) is 21.5 Å². The van der Waals surface area contributed by atoms with Crippen molar-refractivity contribution in [2.75, 3.05) is 11.9 Å². The largest absolute Gasteiger partial charge is 0.394 e. The summed E-state index contributed by atoms with van der Waals surface area (Å²) in [5, 5.41) is 15.8. The zero-order valence-corrected chi connectivity index (χ0v) is 9.31. The van der Waals surface area contributed by atoms with Crippen molar-refractivity contribution in [3.05, 3.63) is 48.0 Å². The molecule has 0 fully saturated rings. The Hall–Kier alpha value is -1.88. The lowest BCUT2D eigenvalue weighted by atomic mass is 10.3. The number of nitrogens with one attached hydrogen (secondary N) is 1. The third-order valence-electron chi connectivity index (χ3n) is 2.37. The first-order valence-electron chi connectivity index (χ1n) is 5.40. The highest BCUT2D eigenvalue weighted by Crippen LogP contribution is 2.13. The number of nitrogens with zero attached hydrogens (tertiary/aromatic N) is 2. The maximum absolute atomic E-state index is 13.3. The Balaban J connectivity index is 1.95. The summed E-state index contributed by atoms with van der Waals surface area (Å²) in [4.78, 5) is 0. The maximum Gasteiger partial charge on any atom is 0.146 e. The second-order valence-electron chi connectivity index (χ2n) is 3.67. The molecule has 0 aliphatic carbocycles. The van der Waals surface area contributed by atoms with Crippen molar-refractivity contribution in [1.82, 2.24) is 9.78 Å². The molecule has 0 spiro atoms. The number of hydrogen-bond acceptors (Lipinski definition) is 3. The molecule has 2 rings (SSSR count). The monoisotopic (exact) mass is 235 g/mol. The maximum atomic E-state index is 13.3. The van der Waals surface area contributed by atoms with Gasteiger partial charge in [0.25, 0.3) is 0 Å². The summed E-state index contributed by atoms with van der Waals surface area (Å²) in [6.45, 7) is 1.04. The van der Waals surface area contributed by atoms with Gasteiger partial charge in [-0.1, -0.05) is 12.1 Å². The molecule has 0 saturated heterocycles. The Bertz CT molecular complexity index is 484. The smallest absolute Gasteiger partial charge is 0.146 e. The minimum Gasteiger partial charge on any atom is -0.394 e. The van der Waals surface area contributed by atoms with Crippen LogP contribution in [0.5, 0.6) is 0 Å². The lowest BCUT2D eigenvalue weighted by Crippen LogP contribution is -2.02. The molecule has 0 radical (unpaired) electrons. The summed E-state index contributed by atoms with van der Waals surface area (Å²) >= 11 is 0. The number of rotatable bonds is 5. The predicted molar refractivity (Wildman–Crippen MR) is 63.0 cm³/mol. The van der Waals surface area contributed by atoms with E-state index in [2.05, 4.69) is 10.4 Å². The van der Waals surface area contributed by atoms with Gasteiger partial charge < -0.3 is 10.4 Å². The molecule has 0 amide bonds. The van der Waals surface area contributed by atoms with Crippen molar-refractivity contribution in [2.24, 2.45) is 0 Å². The minimum absolute atomic E-state index is 0.0574. The summed E-state index contributed by atoms with van der Waals surface area (Å²) in [5.74, 6) is -0.268. The van der Waals surface area contributed by atoms with E-state index in [9.17, 15) is 4.39 Å². The second kappa shape index (κ2) is 5.45. The molecule has 2 aromatic rings. The summed E-state index contributed by atoms with van der Waals surface area (Å²) in [7, 11) is 0. The molecule has 0 bridgehead atoms. The van der Waals surface area contributed by atoms with Gasteiger partial charge in [0, 0.05) is 18.3 Å². The molecule has 1 heterocycles. The molecule has 1 aromatic heterocycles. The third kappa shape index (κ3) is 3.04. The molecule has 0 atom stereocenters. The van der Waals surface area contributed by atoms with Crippen LogP contribution in [0.4, 0.5) is 10.1 Å². The molecule has 17 heavy (non-hydrogen) atoms. The molecule has 2 N–H and O–H groups in total. The van der Waals surface area contributed by atoms with Crippen LogP contribution >= 0.6 is 0 Å². The summed E-state index contributed by atoms with van der Waals surface area (Å²) in [6.07, 6.45) is 3.52. The lowest BCUT2D eigenvalue weighted by Gasteiger charge is -2.05. The van der Waals surface area contributed by atoms with Crippen molar-refractivity contribution in [1.29, 1.82) is 0 Å². The van der Waals surface area contributed by atoms with Crippen molar-refractivity contribution in [3.8, 4) is 0 Å². The zero-order chi connectivity index (χ0) is 12.1. The number of aliphatic hydroxyl groups is 1. The molecule has 90 valence electrons. The molecule has 1 aromatic carbocycles. The van der Waals surface area contributed by atoms with Crippen LogP contribution in [0.15, 0.2) is 36.7 Å². The summed E-state index contributed by atoms with van der Waals surface area (Å²) in [5.41, 5.74) is 1.42. The topological polar surface area (TPSA) is 50.1 Å². The van der Waals surface area contributed by atoms with Crippen LogP contribution in [0.3, 0.4) is 0 Å². The summed E-state index contributed by atoms with van der Waals surface area (Å²) in [6, 6.07) is 6.53. The van der Waals surface area contributed by atoms with E-state index in [-0.39, 0.29) is 12.4 Å². The molecule has 0 unspecified atom stereocenters. The van der Waals surface area contributed by atoms with E-state index in [0.29, 0.717) is 18.8 Å². The van der Waals surface area contributed by atoms with Crippen molar-refractivity contribution >= 4 is 5.69 Å². The van der Waals surface area contributed by atoms with E-state index >= 15 is 0 Å². The highest BCUT2D eigenvalue weighted by Gasteiger charge is 2.01. The van der Waals surface area contributed by atoms with Gasteiger partial charge in [-0.25, -0.2) is 4.39 Å². The normalized spacial score (nSPS) is 10.5. The molecule has 0 saturated carbocycles. The van der Waals surface area contributed by atoms with E-state index < -0.39 is 0 Å². The van der Waals surface area contributed by atoms with Gasteiger partial charge in [-0.05, 0) is 12.1 Å². The van der Waals surface area contributed by atoms with E-state index in [4.69, 9.17) is 5.11 Å². The highest BCUT2D eigenvalue weighted by atomic mass is 19.1. The SMILES string of the molecule is OCCn1cc(CNc2ccccc2F)cn1. The molecular formula is C12H14FN3O. The number of aliphatic hydroxyl groups excluding tert-OH is 1. The van der Waals surface area contributed by atoms with Crippen molar-refractivity contribution < 1.29 is 9.50 Å². The van der Waals surface area contributed by atoms with Crippen LogP contribution in [-0.2, 0) is 13.1 Å². The zero-order valence-electron chi connectivity index (χ0n) is 9.31. The number of hydrogen-bond donors (Lipinski definition) is 2. The Morgan fingerprint density at radius 1 is 1.35 bits per heavy atom. The van der Waals surface area contributed by atoms with Gasteiger partial charge in [0.15, 0.2) is 0 Å². The van der Waals surface area contributed by atoms with Crippen LogP contribution in [0.2, 0.25) is 0 Å². The first-order valence-corrected chi connectivity index (χ1v) is 5.40. The Morgan fingerprint density at radius 2 is 2.18 bits per heavy atom. The fourth-order valence-corrected chi connectivity index (χ4v) is 1.52. The quantitative estimate of drug-likeness (QED) is 0.828. The van der Waals surface area contributed by atoms with Crippen LogP contribution in [0.1, 0.15) is 5.56 Å². The van der Waals surface area contributed by atoms with Gasteiger partial charge in [-0.3, -0.25) is 4.68 Å². The van der Waals surface area contributed by atoms with Gasteiger partial charge in [-0.15, -0.1) is 0 Å². The molecule has 4 nitrogen and oxygen atoms in total. The number of benzene rings is 1. The van der Waals surface area contributed by atoms with Crippen molar-refractivity contribution in [3.63, 3.8) is 0 Å². The third-order valence-corrected chi connectivity index (χ3v) is 2.37.